The lowest BCUT2D eigenvalue weighted by Crippen LogP contribution is -2.34. The molecule has 6 nitrogen and oxygen atoms in total. The second kappa shape index (κ2) is 4.04. The first-order chi connectivity index (χ1) is 6.83. The molecule has 1 saturated heterocycles. The van der Waals surface area contributed by atoms with Crippen molar-refractivity contribution in [1.82, 2.24) is 15.0 Å². The average Bonchev–Trinajstić information content (AvgIpc) is 2.50. The summed E-state index contributed by atoms with van der Waals surface area (Å²) < 4.78 is 11.9. The Morgan fingerprint density at radius 1 is 1.79 bits per heavy atom. The number of rotatable bonds is 4. The van der Waals surface area contributed by atoms with Crippen molar-refractivity contribution in [3.05, 3.63) is 11.9 Å². The molecule has 0 aromatic carbocycles. The van der Waals surface area contributed by atoms with Gasteiger partial charge in [-0.05, 0) is 0 Å². The van der Waals surface area contributed by atoms with Crippen LogP contribution in [0, 0.1) is 0 Å². The van der Waals surface area contributed by atoms with Crippen molar-refractivity contribution in [1.29, 1.82) is 0 Å². The Morgan fingerprint density at radius 2 is 2.57 bits per heavy atom. The van der Waals surface area contributed by atoms with E-state index in [4.69, 9.17) is 15.2 Å². The Balaban J connectivity index is 2.11. The van der Waals surface area contributed by atoms with Gasteiger partial charge in [0.25, 0.3) is 0 Å². The van der Waals surface area contributed by atoms with Crippen LogP contribution in [0.2, 0.25) is 0 Å². The Morgan fingerprint density at radius 3 is 3.14 bits per heavy atom. The summed E-state index contributed by atoms with van der Waals surface area (Å²) in [6, 6.07) is 0.117. The molecule has 6 heteroatoms. The van der Waals surface area contributed by atoms with Crippen LogP contribution in [0.25, 0.3) is 0 Å². The van der Waals surface area contributed by atoms with Crippen LogP contribution in [-0.4, -0.2) is 41.9 Å². The SMILES string of the molecule is COCC(N)c1cnnn1C1COC1. The Hall–Kier alpha value is -0.980. The summed E-state index contributed by atoms with van der Waals surface area (Å²) in [5.74, 6) is 0. The molecule has 2 rings (SSSR count). The molecule has 2 heterocycles. The third kappa shape index (κ3) is 1.63. The van der Waals surface area contributed by atoms with E-state index >= 15 is 0 Å². The molecule has 0 bridgehead atoms. The van der Waals surface area contributed by atoms with Crippen LogP contribution in [0.4, 0.5) is 0 Å². The number of methoxy groups -OCH3 is 1. The van der Waals surface area contributed by atoms with Gasteiger partial charge in [-0.25, -0.2) is 4.68 Å². The predicted molar refractivity (Wildman–Crippen MR) is 48.7 cm³/mol. The van der Waals surface area contributed by atoms with Crippen LogP contribution in [0.3, 0.4) is 0 Å². The lowest BCUT2D eigenvalue weighted by molar-refractivity contribution is -0.0313. The Bertz CT molecular complexity index is 297. The molecular weight excluding hydrogens is 184 g/mol. The fourth-order valence-corrected chi connectivity index (χ4v) is 1.43. The Kier molecular flexibility index (Phi) is 2.76. The maximum atomic E-state index is 5.90. The zero-order chi connectivity index (χ0) is 9.97. The molecular formula is C8H14N4O2. The minimum absolute atomic E-state index is 0.171. The summed E-state index contributed by atoms with van der Waals surface area (Å²) in [6.45, 7) is 1.85. The van der Waals surface area contributed by atoms with Crippen LogP contribution in [-0.2, 0) is 9.47 Å². The molecule has 0 amide bonds. The van der Waals surface area contributed by atoms with Gasteiger partial charge in [0.1, 0.15) is 6.04 Å². The van der Waals surface area contributed by atoms with Crippen LogP contribution in [0.1, 0.15) is 17.8 Å². The normalized spacial score (nSPS) is 19.3. The van der Waals surface area contributed by atoms with Crippen LogP contribution in [0.5, 0.6) is 0 Å². The van der Waals surface area contributed by atoms with E-state index in [1.165, 1.54) is 0 Å². The molecule has 2 N–H and O–H groups in total. The summed E-state index contributed by atoms with van der Waals surface area (Å²) in [7, 11) is 1.63. The largest absolute Gasteiger partial charge is 0.383 e. The van der Waals surface area contributed by atoms with E-state index in [-0.39, 0.29) is 12.1 Å². The molecule has 78 valence electrons. The van der Waals surface area contributed by atoms with E-state index in [0.29, 0.717) is 19.8 Å². The molecule has 1 unspecified atom stereocenters. The van der Waals surface area contributed by atoms with Gasteiger partial charge in [-0.2, -0.15) is 0 Å². The van der Waals surface area contributed by atoms with Crippen molar-refractivity contribution in [2.45, 2.75) is 12.1 Å². The van der Waals surface area contributed by atoms with Crippen molar-refractivity contribution >= 4 is 0 Å². The molecule has 0 saturated carbocycles. The molecule has 1 atom stereocenters. The third-order valence-corrected chi connectivity index (χ3v) is 2.30. The van der Waals surface area contributed by atoms with Gasteiger partial charge in [0, 0.05) is 7.11 Å². The summed E-state index contributed by atoms with van der Waals surface area (Å²) in [5, 5.41) is 7.84. The van der Waals surface area contributed by atoms with Crippen molar-refractivity contribution in [2.75, 3.05) is 26.9 Å². The molecule has 0 aliphatic carbocycles. The number of nitrogens with two attached hydrogens (primary N) is 1. The van der Waals surface area contributed by atoms with Crippen molar-refractivity contribution in [2.24, 2.45) is 5.73 Å². The molecule has 1 fully saturated rings. The lowest BCUT2D eigenvalue weighted by atomic mass is 10.2. The molecule has 0 radical (unpaired) electrons. The standard InChI is InChI=1S/C8H14N4O2/c1-13-5-7(9)8-2-10-11-12(8)6-3-14-4-6/h2,6-7H,3-5,9H2,1H3. The highest BCUT2D eigenvalue weighted by Crippen LogP contribution is 2.20. The minimum Gasteiger partial charge on any atom is -0.383 e. The number of ether oxygens (including phenoxy) is 2. The molecule has 1 aliphatic heterocycles. The second-order valence-corrected chi connectivity index (χ2v) is 3.36. The van der Waals surface area contributed by atoms with Crippen molar-refractivity contribution in [3.63, 3.8) is 0 Å². The van der Waals surface area contributed by atoms with Crippen molar-refractivity contribution in [3.8, 4) is 0 Å². The van der Waals surface area contributed by atoms with Gasteiger partial charge >= 0.3 is 0 Å². The molecule has 1 aromatic rings. The van der Waals surface area contributed by atoms with Crippen LogP contribution in [0.15, 0.2) is 6.20 Å². The Labute approximate surface area is 82.0 Å². The minimum atomic E-state index is -0.171. The van der Waals surface area contributed by atoms with E-state index in [1.54, 1.807) is 13.3 Å². The fraction of sp³-hybridized carbons (Fsp3) is 0.750. The highest BCUT2D eigenvalue weighted by molar-refractivity contribution is 5.03. The van der Waals surface area contributed by atoms with E-state index in [1.807, 2.05) is 4.68 Å². The van der Waals surface area contributed by atoms with Gasteiger partial charge in [-0.1, -0.05) is 5.21 Å². The van der Waals surface area contributed by atoms with Gasteiger partial charge in [-0.15, -0.1) is 5.10 Å². The monoisotopic (exact) mass is 198 g/mol. The molecule has 14 heavy (non-hydrogen) atoms. The van der Waals surface area contributed by atoms with E-state index in [0.717, 1.165) is 5.69 Å². The second-order valence-electron chi connectivity index (χ2n) is 3.36. The van der Waals surface area contributed by atoms with Crippen LogP contribution < -0.4 is 5.73 Å². The van der Waals surface area contributed by atoms with E-state index in [2.05, 4.69) is 10.3 Å². The molecule has 1 aromatic heterocycles. The van der Waals surface area contributed by atoms with Gasteiger partial charge in [0.05, 0.1) is 37.8 Å². The summed E-state index contributed by atoms with van der Waals surface area (Å²) in [5.41, 5.74) is 6.80. The van der Waals surface area contributed by atoms with Gasteiger partial charge in [0.15, 0.2) is 0 Å². The summed E-state index contributed by atoms with van der Waals surface area (Å²) in [6.07, 6.45) is 1.68. The maximum absolute atomic E-state index is 5.90. The number of hydrogen-bond acceptors (Lipinski definition) is 5. The highest BCUT2D eigenvalue weighted by Gasteiger charge is 2.25. The third-order valence-electron chi connectivity index (χ3n) is 2.30. The number of nitrogens with zero attached hydrogens (tertiary/aromatic N) is 3. The van der Waals surface area contributed by atoms with Gasteiger partial charge < -0.3 is 15.2 Å². The predicted octanol–water partition coefficient (Wildman–Crippen LogP) is -0.504. The maximum Gasteiger partial charge on any atom is 0.101 e. The number of aromatic nitrogens is 3. The topological polar surface area (TPSA) is 75.2 Å². The van der Waals surface area contributed by atoms with E-state index < -0.39 is 0 Å². The van der Waals surface area contributed by atoms with Crippen molar-refractivity contribution < 1.29 is 9.47 Å². The summed E-state index contributed by atoms with van der Waals surface area (Å²) in [4.78, 5) is 0. The van der Waals surface area contributed by atoms with Crippen LogP contribution >= 0.6 is 0 Å². The number of hydrogen-bond donors (Lipinski definition) is 1. The lowest BCUT2D eigenvalue weighted by Gasteiger charge is -2.28. The van der Waals surface area contributed by atoms with E-state index in [9.17, 15) is 0 Å². The summed E-state index contributed by atoms with van der Waals surface area (Å²) >= 11 is 0. The first kappa shape index (κ1) is 9.57. The van der Waals surface area contributed by atoms with Gasteiger partial charge in [0.2, 0.25) is 0 Å². The van der Waals surface area contributed by atoms with Gasteiger partial charge in [-0.3, -0.25) is 0 Å². The highest BCUT2D eigenvalue weighted by atomic mass is 16.5. The smallest absolute Gasteiger partial charge is 0.101 e. The quantitative estimate of drug-likeness (QED) is 0.705. The first-order valence-electron chi connectivity index (χ1n) is 4.55. The fourth-order valence-electron chi connectivity index (χ4n) is 1.43. The molecule has 1 aliphatic rings. The first-order valence-corrected chi connectivity index (χ1v) is 4.55. The zero-order valence-corrected chi connectivity index (χ0v) is 8.09. The molecule has 0 spiro atoms. The zero-order valence-electron chi connectivity index (χ0n) is 8.09. The average molecular weight is 198 g/mol.